The van der Waals surface area contributed by atoms with Crippen molar-refractivity contribution in [2.45, 2.75) is 32.9 Å². The molecule has 1 aliphatic heterocycles. The van der Waals surface area contributed by atoms with Gasteiger partial charge in [0.2, 0.25) is 0 Å². The Morgan fingerprint density at radius 1 is 1.25 bits per heavy atom. The van der Waals surface area contributed by atoms with Gasteiger partial charge in [-0.25, -0.2) is 4.79 Å². The third-order valence-electron chi connectivity index (χ3n) is 3.31. The third-order valence-corrected chi connectivity index (χ3v) is 3.31. The maximum Gasteiger partial charge on any atom is 0.325 e. The van der Waals surface area contributed by atoms with Gasteiger partial charge in [0.25, 0.3) is 5.91 Å². The minimum Gasteiger partial charge on any atom is -0.497 e. The molecule has 5 heteroatoms. The topological polar surface area (TPSA) is 58.6 Å². The second-order valence-electron chi connectivity index (χ2n) is 5.40. The lowest BCUT2D eigenvalue weighted by Gasteiger charge is -2.14. The number of benzene rings is 1. The summed E-state index contributed by atoms with van der Waals surface area (Å²) in [6.45, 7) is 4.36. The molecule has 1 atom stereocenters. The van der Waals surface area contributed by atoms with E-state index >= 15 is 0 Å². The monoisotopic (exact) mass is 276 g/mol. The lowest BCUT2D eigenvalue weighted by atomic mass is 10.0. The molecule has 1 saturated heterocycles. The van der Waals surface area contributed by atoms with Crippen molar-refractivity contribution in [3.63, 3.8) is 0 Å². The Morgan fingerprint density at radius 3 is 2.45 bits per heavy atom. The molecule has 1 N–H and O–H groups in total. The summed E-state index contributed by atoms with van der Waals surface area (Å²) >= 11 is 0. The second kappa shape index (κ2) is 5.94. The minimum absolute atomic E-state index is 0.139. The van der Waals surface area contributed by atoms with Crippen molar-refractivity contribution in [3.8, 4) is 5.75 Å². The molecule has 0 aromatic heterocycles. The molecular weight excluding hydrogens is 256 g/mol. The highest BCUT2D eigenvalue weighted by Crippen LogP contribution is 2.18. The number of hydrogen-bond donors (Lipinski definition) is 1. The largest absolute Gasteiger partial charge is 0.497 e. The van der Waals surface area contributed by atoms with Crippen LogP contribution in [0.15, 0.2) is 24.3 Å². The smallest absolute Gasteiger partial charge is 0.325 e. The Kier molecular flexibility index (Phi) is 4.27. The number of hydrogen-bond acceptors (Lipinski definition) is 3. The molecule has 0 radical (unpaired) electrons. The molecule has 3 amide bonds. The number of rotatable bonds is 5. The third kappa shape index (κ3) is 3.10. The zero-order valence-electron chi connectivity index (χ0n) is 12.1. The molecule has 1 aromatic carbocycles. The van der Waals surface area contributed by atoms with Crippen molar-refractivity contribution >= 4 is 11.9 Å². The van der Waals surface area contributed by atoms with Crippen LogP contribution >= 0.6 is 0 Å². The van der Waals surface area contributed by atoms with Crippen LogP contribution in [-0.4, -0.2) is 30.0 Å². The van der Waals surface area contributed by atoms with Gasteiger partial charge in [-0.15, -0.1) is 0 Å². The number of methoxy groups -OCH3 is 1. The molecule has 1 fully saturated rings. The van der Waals surface area contributed by atoms with Gasteiger partial charge in [0, 0.05) is 0 Å². The lowest BCUT2D eigenvalue weighted by molar-refractivity contribution is -0.128. The number of carbonyl (C=O) groups excluding carboxylic acids is 2. The molecular formula is C15H20N2O3. The number of nitrogens with zero attached hydrogens (tertiary/aromatic N) is 1. The molecule has 1 aliphatic rings. The fourth-order valence-electron chi connectivity index (χ4n) is 2.27. The molecule has 108 valence electrons. The van der Waals surface area contributed by atoms with Crippen LogP contribution in [0.4, 0.5) is 4.79 Å². The van der Waals surface area contributed by atoms with E-state index in [2.05, 4.69) is 5.32 Å². The van der Waals surface area contributed by atoms with Gasteiger partial charge in [-0.1, -0.05) is 26.0 Å². The molecule has 0 aliphatic carbocycles. The molecule has 0 unspecified atom stereocenters. The van der Waals surface area contributed by atoms with Crippen LogP contribution < -0.4 is 10.1 Å². The van der Waals surface area contributed by atoms with E-state index in [1.54, 1.807) is 7.11 Å². The second-order valence-corrected chi connectivity index (χ2v) is 5.40. The summed E-state index contributed by atoms with van der Waals surface area (Å²) in [5.41, 5.74) is 0.902. The van der Waals surface area contributed by atoms with Gasteiger partial charge < -0.3 is 10.1 Å². The SMILES string of the molecule is COc1ccc(CN2C(=O)N[C@H](CC(C)C)C2=O)cc1. The predicted molar refractivity (Wildman–Crippen MR) is 75.3 cm³/mol. The number of amides is 3. The van der Waals surface area contributed by atoms with Gasteiger partial charge in [-0.3, -0.25) is 9.69 Å². The Bertz CT molecular complexity index is 496. The maximum atomic E-state index is 12.2. The number of imide groups is 1. The van der Waals surface area contributed by atoms with E-state index in [9.17, 15) is 9.59 Å². The predicted octanol–water partition coefficient (Wildman–Crippen LogP) is 2.16. The molecule has 20 heavy (non-hydrogen) atoms. The zero-order valence-corrected chi connectivity index (χ0v) is 12.1. The van der Waals surface area contributed by atoms with Crippen LogP contribution in [0.3, 0.4) is 0 Å². The fraction of sp³-hybridized carbons (Fsp3) is 0.467. The minimum atomic E-state index is -0.388. The van der Waals surface area contributed by atoms with Crippen LogP contribution in [0.1, 0.15) is 25.8 Å². The van der Waals surface area contributed by atoms with Gasteiger partial charge >= 0.3 is 6.03 Å². The van der Waals surface area contributed by atoms with E-state index in [1.165, 1.54) is 4.90 Å². The molecule has 2 rings (SSSR count). The summed E-state index contributed by atoms with van der Waals surface area (Å²) in [6, 6.07) is 6.65. The summed E-state index contributed by atoms with van der Waals surface area (Å²) in [6.07, 6.45) is 0.670. The summed E-state index contributed by atoms with van der Waals surface area (Å²) in [5.74, 6) is 0.980. The number of nitrogens with one attached hydrogen (secondary N) is 1. The first-order valence-corrected chi connectivity index (χ1v) is 6.76. The van der Waals surface area contributed by atoms with E-state index < -0.39 is 0 Å². The Morgan fingerprint density at radius 2 is 1.90 bits per heavy atom. The summed E-state index contributed by atoms with van der Waals surface area (Å²) in [7, 11) is 1.60. The Labute approximate surface area is 118 Å². The van der Waals surface area contributed by atoms with Crippen molar-refractivity contribution in [1.29, 1.82) is 0 Å². The van der Waals surface area contributed by atoms with Gasteiger partial charge in [0.05, 0.1) is 13.7 Å². The van der Waals surface area contributed by atoms with Crippen LogP contribution in [0, 0.1) is 5.92 Å². The van der Waals surface area contributed by atoms with Gasteiger partial charge in [0.1, 0.15) is 11.8 Å². The van der Waals surface area contributed by atoms with Crippen LogP contribution in [0.25, 0.3) is 0 Å². The lowest BCUT2D eigenvalue weighted by Crippen LogP contribution is -2.31. The first kappa shape index (κ1) is 14.4. The van der Waals surface area contributed by atoms with Crippen molar-refractivity contribution in [3.05, 3.63) is 29.8 Å². The van der Waals surface area contributed by atoms with E-state index in [0.717, 1.165) is 11.3 Å². The Balaban J connectivity index is 2.04. The molecule has 5 nitrogen and oxygen atoms in total. The quantitative estimate of drug-likeness (QED) is 0.838. The first-order chi connectivity index (χ1) is 9.51. The number of ether oxygens (including phenoxy) is 1. The van der Waals surface area contributed by atoms with Crippen LogP contribution in [0.5, 0.6) is 5.75 Å². The standard InChI is InChI=1S/C15H20N2O3/c1-10(2)8-13-14(18)17(15(19)16-13)9-11-4-6-12(20-3)7-5-11/h4-7,10,13H,8-9H2,1-3H3,(H,16,19)/t13-/m1/s1. The molecule has 0 bridgehead atoms. The van der Waals surface area contributed by atoms with Crippen LogP contribution in [0.2, 0.25) is 0 Å². The fourth-order valence-corrected chi connectivity index (χ4v) is 2.27. The van der Waals surface area contributed by atoms with Crippen molar-refractivity contribution in [2.75, 3.05) is 7.11 Å². The first-order valence-electron chi connectivity index (χ1n) is 6.76. The summed E-state index contributed by atoms with van der Waals surface area (Å²) in [5, 5.41) is 2.74. The molecule has 0 spiro atoms. The van der Waals surface area contributed by atoms with E-state index in [-0.39, 0.29) is 18.0 Å². The molecule has 0 saturated carbocycles. The van der Waals surface area contributed by atoms with E-state index in [0.29, 0.717) is 18.9 Å². The van der Waals surface area contributed by atoms with Gasteiger partial charge in [-0.2, -0.15) is 0 Å². The van der Waals surface area contributed by atoms with E-state index in [1.807, 2.05) is 38.1 Å². The number of carbonyl (C=O) groups is 2. The molecule has 1 heterocycles. The van der Waals surface area contributed by atoms with Gasteiger partial charge in [-0.05, 0) is 30.0 Å². The normalized spacial score (nSPS) is 18.6. The van der Waals surface area contributed by atoms with Crippen molar-refractivity contribution in [1.82, 2.24) is 10.2 Å². The highest BCUT2D eigenvalue weighted by molar-refractivity contribution is 6.04. The summed E-state index contributed by atoms with van der Waals surface area (Å²) in [4.78, 5) is 25.3. The zero-order chi connectivity index (χ0) is 14.7. The summed E-state index contributed by atoms with van der Waals surface area (Å²) < 4.78 is 5.08. The highest BCUT2D eigenvalue weighted by atomic mass is 16.5. The Hall–Kier alpha value is -2.04. The average molecular weight is 276 g/mol. The van der Waals surface area contributed by atoms with Gasteiger partial charge in [0.15, 0.2) is 0 Å². The highest BCUT2D eigenvalue weighted by Gasteiger charge is 2.37. The average Bonchev–Trinajstić information content (AvgIpc) is 2.66. The van der Waals surface area contributed by atoms with Crippen molar-refractivity contribution < 1.29 is 14.3 Å². The van der Waals surface area contributed by atoms with E-state index in [4.69, 9.17) is 4.74 Å². The van der Waals surface area contributed by atoms with Crippen LogP contribution in [-0.2, 0) is 11.3 Å². The number of urea groups is 1. The maximum absolute atomic E-state index is 12.2. The molecule has 1 aromatic rings. The van der Waals surface area contributed by atoms with Crippen molar-refractivity contribution in [2.24, 2.45) is 5.92 Å².